The van der Waals surface area contributed by atoms with E-state index in [0.29, 0.717) is 11.3 Å². The van der Waals surface area contributed by atoms with Crippen LogP contribution < -0.4 is 15.9 Å². The number of allylic oxidation sites excluding steroid dienone is 1. The third-order valence-electron chi connectivity index (χ3n) is 3.44. The molecule has 6 heteroatoms. The predicted octanol–water partition coefficient (Wildman–Crippen LogP) is 2.93. The number of hydrogen-bond donors (Lipinski definition) is 1. The molecule has 0 aliphatic carbocycles. The van der Waals surface area contributed by atoms with Crippen molar-refractivity contribution in [3.05, 3.63) is 73.4 Å². The van der Waals surface area contributed by atoms with E-state index >= 15 is 0 Å². The zero-order valence-corrected chi connectivity index (χ0v) is 13.2. The summed E-state index contributed by atoms with van der Waals surface area (Å²) in [6, 6.07) is 10.7. The Kier molecular flexibility index (Phi) is 3.51. The molecular weight excluding hydrogens is 348 g/mol. The van der Waals surface area contributed by atoms with E-state index in [9.17, 15) is 10.1 Å². The summed E-state index contributed by atoms with van der Waals surface area (Å²) < 4.78 is 11.7. The number of nitrogens with two attached hydrogens (primary N) is 1. The van der Waals surface area contributed by atoms with E-state index in [1.54, 1.807) is 6.92 Å². The molecule has 22 heavy (non-hydrogen) atoms. The number of benzene rings is 1. The fourth-order valence-electron chi connectivity index (χ4n) is 2.48. The third kappa shape index (κ3) is 2.30. The summed E-state index contributed by atoms with van der Waals surface area (Å²) in [4.78, 5) is 12.4. The van der Waals surface area contributed by atoms with Gasteiger partial charge in [0.15, 0.2) is 5.43 Å². The van der Waals surface area contributed by atoms with E-state index in [0.717, 1.165) is 10.0 Å². The summed E-state index contributed by atoms with van der Waals surface area (Å²) in [6.45, 7) is 1.65. The Morgan fingerprint density at radius 3 is 2.64 bits per heavy atom. The van der Waals surface area contributed by atoms with Crippen LogP contribution in [0.3, 0.4) is 0 Å². The molecule has 2 aromatic rings. The molecule has 1 atom stereocenters. The molecule has 0 bridgehead atoms. The van der Waals surface area contributed by atoms with Crippen LogP contribution in [-0.4, -0.2) is 0 Å². The summed E-state index contributed by atoms with van der Waals surface area (Å²) in [6.07, 6.45) is 0. The second-order valence-electron chi connectivity index (χ2n) is 4.90. The van der Waals surface area contributed by atoms with Crippen LogP contribution in [0.1, 0.15) is 22.8 Å². The lowest BCUT2D eigenvalue weighted by molar-refractivity contribution is 0.275. The van der Waals surface area contributed by atoms with Crippen LogP contribution in [0.4, 0.5) is 0 Å². The summed E-state index contributed by atoms with van der Waals surface area (Å²) in [5.41, 5.74) is 6.84. The lowest BCUT2D eigenvalue weighted by Gasteiger charge is -2.24. The van der Waals surface area contributed by atoms with Crippen LogP contribution in [0.2, 0.25) is 0 Å². The van der Waals surface area contributed by atoms with E-state index in [2.05, 4.69) is 15.9 Å². The van der Waals surface area contributed by atoms with E-state index in [4.69, 9.17) is 14.9 Å². The number of ether oxygens (including phenoxy) is 1. The van der Waals surface area contributed by atoms with Crippen LogP contribution in [-0.2, 0) is 0 Å². The van der Waals surface area contributed by atoms with Crippen molar-refractivity contribution in [1.29, 1.82) is 5.26 Å². The van der Waals surface area contributed by atoms with E-state index in [-0.39, 0.29) is 22.8 Å². The highest BCUT2D eigenvalue weighted by Gasteiger charge is 2.34. The molecule has 2 N–H and O–H groups in total. The quantitative estimate of drug-likeness (QED) is 0.846. The van der Waals surface area contributed by atoms with Gasteiger partial charge in [0, 0.05) is 10.5 Å². The van der Waals surface area contributed by atoms with Crippen molar-refractivity contribution in [2.24, 2.45) is 5.73 Å². The molecule has 3 rings (SSSR count). The lowest BCUT2D eigenvalue weighted by atomic mass is 9.85. The first-order valence-electron chi connectivity index (χ1n) is 6.49. The monoisotopic (exact) mass is 358 g/mol. The minimum absolute atomic E-state index is 0.0448. The first-order valence-corrected chi connectivity index (χ1v) is 7.28. The predicted molar refractivity (Wildman–Crippen MR) is 83.2 cm³/mol. The van der Waals surface area contributed by atoms with Gasteiger partial charge >= 0.3 is 0 Å². The first-order chi connectivity index (χ1) is 10.5. The highest BCUT2D eigenvalue weighted by Crippen LogP contribution is 2.40. The van der Waals surface area contributed by atoms with Gasteiger partial charge in [0.25, 0.3) is 5.95 Å². The van der Waals surface area contributed by atoms with Crippen LogP contribution in [0.25, 0.3) is 0 Å². The fraction of sp³-hybridized carbons (Fsp3) is 0.125. The lowest BCUT2D eigenvalue weighted by Crippen LogP contribution is -2.26. The topological polar surface area (TPSA) is 89.2 Å². The number of hydrogen-bond acceptors (Lipinski definition) is 5. The Hall–Kier alpha value is -2.52. The normalized spacial score (nSPS) is 16.7. The average Bonchev–Trinajstić information content (AvgIpc) is 2.46. The molecule has 1 aliphatic heterocycles. The molecule has 0 amide bonds. The van der Waals surface area contributed by atoms with Gasteiger partial charge in [0.05, 0.1) is 11.5 Å². The molecule has 1 aromatic heterocycles. The van der Waals surface area contributed by atoms with Gasteiger partial charge < -0.3 is 14.9 Å². The minimum Gasteiger partial charge on any atom is -0.430 e. The summed E-state index contributed by atoms with van der Waals surface area (Å²) in [5.74, 6) is -0.170. The van der Waals surface area contributed by atoms with Gasteiger partial charge in [-0.05, 0) is 24.6 Å². The largest absolute Gasteiger partial charge is 0.430 e. The fourth-order valence-corrected chi connectivity index (χ4v) is 2.74. The Balaban J connectivity index is 2.29. The number of nitrogens with zero attached hydrogens (tertiary/aromatic N) is 1. The molecule has 0 unspecified atom stereocenters. The zero-order chi connectivity index (χ0) is 15.9. The first kappa shape index (κ1) is 14.4. The SMILES string of the molecule is Cc1cc(=O)c2c(o1)OC(N)=C(C#N)[C@H]2c1ccc(Br)cc1. The standard InChI is InChI=1S/C16H11BrN2O3/c1-8-6-12(20)14-13(9-2-4-10(17)5-3-9)11(7-18)15(19)22-16(14)21-8/h2-6,13H,19H2,1H3/t13-/m1/s1. The van der Waals surface area contributed by atoms with Gasteiger partial charge in [-0.1, -0.05) is 28.1 Å². The van der Waals surface area contributed by atoms with Crippen LogP contribution in [0, 0.1) is 18.3 Å². The smallest absolute Gasteiger partial charge is 0.299 e. The van der Waals surface area contributed by atoms with Crippen molar-refractivity contribution in [3.8, 4) is 12.0 Å². The third-order valence-corrected chi connectivity index (χ3v) is 3.97. The van der Waals surface area contributed by atoms with Crippen LogP contribution in [0.5, 0.6) is 5.95 Å². The maximum Gasteiger partial charge on any atom is 0.299 e. The van der Waals surface area contributed by atoms with Crippen molar-refractivity contribution in [2.75, 3.05) is 0 Å². The number of aryl methyl sites for hydroxylation is 1. The van der Waals surface area contributed by atoms with Gasteiger partial charge in [0.1, 0.15) is 17.4 Å². The highest BCUT2D eigenvalue weighted by molar-refractivity contribution is 9.10. The molecule has 1 aromatic carbocycles. The maximum absolute atomic E-state index is 12.4. The molecule has 1 aliphatic rings. The number of fused-ring (bicyclic) bond motifs is 1. The Morgan fingerprint density at radius 2 is 2.00 bits per heavy atom. The molecule has 5 nitrogen and oxygen atoms in total. The maximum atomic E-state index is 12.4. The van der Waals surface area contributed by atoms with Crippen LogP contribution in [0.15, 0.2) is 55.5 Å². The molecule has 0 spiro atoms. The molecule has 0 saturated carbocycles. The molecule has 110 valence electrons. The molecule has 0 saturated heterocycles. The van der Waals surface area contributed by atoms with E-state index in [1.165, 1.54) is 6.07 Å². The Labute approximate surface area is 134 Å². The van der Waals surface area contributed by atoms with Gasteiger partial charge in [0.2, 0.25) is 5.88 Å². The van der Waals surface area contributed by atoms with Gasteiger partial charge in [-0.15, -0.1) is 0 Å². The number of nitriles is 1. The van der Waals surface area contributed by atoms with Gasteiger partial charge in [-0.25, -0.2) is 0 Å². The number of halogens is 1. The summed E-state index contributed by atoms with van der Waals surface area (Å²) in [5, 5.41) is 9.41. The number of rotatable bonds is 1. The van der Waals surface area contributed by atoms with E-state index < -0.39 is 5.92 Å². The Morgan fingerprint density at radius 1 is 1.32 bits per heavy atom. The molecule has 0 radical (unpaired) electrons. The zero-order valence-electron chi connectivity index (χ0n) is 11.6. The van der Waals surface area contributed by atoms with Crippen molar-refractivity contribution >= 4 is 15.9 Å². The highest BCUT2D eigenvalue weighted by atomic mass is 79.9. The van der Waals surface area contributed by atoms with Crippen molar-refractivity contribution < 1.29 is 9.15 Å². The molecule has 2 heterocycles. The van der Waals surface area contributed by atoms with Crippen molar-refractivity contribution in [1.82, 2.24) is 0 Å². The average molecular weight is 359 g/mol. The summed E-state index contributed by atoms with van der Waals surface area (Å²) in [7, 11) is 0. The minimum atomic E-state index is -0.598. The second kappa shape index (κ2) is 5.35. The molecule has 0 fully saturated rings. The second-order valence-corrected chi connectivity index (χ2v) is 5.81. The molecular formula is C16H11BrN2O3. The van der Waals surface area contributed by atoms with E-state index in [1.807, 2.05) is 30.3 Å². The summed E-state index contributed by atoms with van der Waals surface area (Å²) >= 11 is 3.36. The van der Waals surface area contributed by atoms with Gasteiger partial charge in [-0.2, -0.15) is 5.26 Å². The van der Waals surface area contributed by atoms with Crippen molar-refractivity contribution in [3.63, 3.8) is 0 Å². The van der Waals surface area contributed by atoms with Crippen molar-refractivity contribution in [2.45, 2.75) is 12.8 Å². The van der Waals surface area contributed by atoms with Gasteiger partial charge in [-0.3, -0.25) is 4.79 Å². The van der Waals surface area contributed by atoms with Crippen LogP contribution >= 0.6 is 15.9 Å². The Bertz CT molecular complexity index is 876.